The Bertz CT molecular complexity index is 344. The Kier molecular flexibility index (Phi) is 3.41. The fourth-order valence-electron chi connectivity index (χ4n) is 1.41. The molecule has 0 unspecified atom stereocenters. The maximum Gasteiger partial charge on any atom is 0.206 e. The molecule has 1 aromatic rings. The first-order chi connectivity index (χ1) is 7.59. The number of hydrogen-bond donors (Lipinski definition) is 1. The Morgan fingerprint density at radius 2 is 2.06 bits per heavy atom. The molecule has 6 heteroatoms. The van der Waals surface area contributed by atoms with Gasteiger partial charge in [-0.15, -0.1) is 10.2 Å². The van der Waals surface area contributed by atoms with Crippen LogP contribution in [0.2, 0.25) is 0 Å². The zero-order valence-electron chi connectivity index (χ0n) is 9.82. The monoisotopic (exact) mass is 243 g/mol. The molecule has 0 radical (unpaired) electrons. The number of ether oxygens (including phenoxy) is 2. The summed E-state index contributed by atoms with van der Waals surface area (Å²) >= 11 is 1.58. The summed E-state index contributed by atoms with van der Waals surface area (Å²) < 4.78 is 11.1. The second-order valence-corrected chi connectivity index (χ2v) is 5.28. The highest BCUT2D eigenvalue weighted by molar-refractivity contribution is 7.15. The van der Waals surface area contributed by atoms with Gasteiger partial charge in [-0.2, -0.15) is 0 Å². The van der Waals surface area contributed by atoms with Crippen molar-refractivity contribution in [1.82, 2.24) is 10.2 Å². The predicted octanol–water partition coefficient (Wildman–Crippen LogP) is 1.66. The SMILES string of the molecule is CCc1nnc(NC2COC(C)(C)OC2)s1. The number of aryl methyl sites for hydroxylation is 1. The smallest absolute Gasteiger partial charge is 0.206 e. The van der Waals surface area contributed by atoms with Gasteiger partial charge in [0.05, 0.1) is 19.3 Å². The fraction of sp³-hybridized carbons (Fsp3) is 0.800. The van der Waals surface area contributed by atoms with Gasteiger partial charge in [0.2, 0.25) is 5.13 Å². The molecule has 2 heterocycles. The molecule has 0 saturated carbocycles. The summed E-state index contributed by atoms with van der Waals surface area (Å²) in [5.74, 6) is -0.464. The zero-order valence-corrected chi connectivity index (χ0v) is 10.6. The summed E-state index contributed by atoms with van der Waals surface area (Å²) in [6.45, 7) is 7.18. The Hall–Kier alpha value is -0.720. The quantitative estimate of drug-likeness (QED) is 0.875. The van der Waals surface area contributed by atoms with Crippen molar-refractivity contribution < 1.29 is 9.47 Å². The average molecular weight is 243 g/mol. The molecular formula is C10H17N3O2S. The largest absolute Gasteiger partial charge is 0.353 e. The molecule has 5 nitrogen and oxygen atoms in total. The van der Waals surface area contributed by atoms with Crippen LogP contribution in [0.4, 0.5) is 5.13 Å². The minimum absolute atomic E-state index is 0.158. The lowest BCUT2D eigenvalue weighted by Gasteiger charge is -2.35. The van der Waals surface area contributed by atoms with Gasteiger partial charge in [-0.1, -0.05) is 18.3 Å². The normalized spacial score (nSPS) is 20.9. The van der Waals surface area contributed by atoms with E-state index in [1.54, 1.807) is 11.3 Å². The summed E-state index contributed by atoms with van der Waals surface area (Å²) in [4.78, 5) is 0. The van der Waals surface area contributed by atoms with Crippen LogP contribution in [0.3, 0.4) is 0 Å². The number of nitrogens with one attached hydrogen (secondary N) is 1. The molecule has 1 aromatic heterocycles. The lowest BCUT2D eigenvalue weighted by atomic mass is 10.2. The van der Waals surface area contributed by atoms with Crippen molar-refractivity contribution in [3.05, 3.63) is 5.01 Å². The third kappa shape index (κ3) is 2.90. The van der Waals surface area contributed by atoms with Crippen molar-refractivity contribution >= 4 is 16.5 Å². The van der Waals surface area contributed by atoms with Crippen molar-refractivity contribution in [1.29, 1.82) is 0 Å². The summed E-state index contributed by atoms with van der Waals surface area (Å²) in [5.41, 5.74) is 0. The number of aromatic nitrogens is 2. The van der Waals surface area contributed by atoms with E-state index in [-0.39, 0.29) is 6.04 Å². The van der Waals surface area contributed by atoms with E-state index in [0.717, 1.165) is 16.6 Å². The summed E-state index contributed by atoms with van der Waals surface area (Å²) in [7, 11) is 0. The van der Waals surface area contributed by atoms with E-state index in [2.05, 4.69) is 22.4 Å². The van der Waals surface area contributed by atoms with Crippen LogP contribution in [0.25, 0.3) is 0 Å². The Morgan fingerprint density at radius 1 is 1.38 bits per heavy atom. The lowest BCUT2D eigenvalue weighted by Crippen LogP contribution is -2.45. The van der Waals surface area contributed by atoms with Gasteiger partial charge in [-0.3, -0.25) is 0 Å². The molecule has 1 aliphatic heterocycles. The topological polar surface area (TPSA) is 56.3 Å². The first-order valence-electron chi connectivity index (χ1n) is 5.46. The van der Waals surface area contributed by atoms with E-state index >= 15 is 0 Å². The first-order valence-corrected chi connectivity index (χ1v) is 6.27. The number of rotatable bonds is 3. The second kappa shape index (κ2) is 4.65. The van der Waals surface area contributed by atoms with E-state index in [9.17, 15) is 0 Å². The van der Waals surface area contributed by atoms with Gasteiger partial charge in [0.1, 0.15) is 5.01 Å². The maximum atomic E-state index is 5.55. The molecule has 1 saturated heterocycles. The average Bonchev–Trinajstić information content (AvgIpc) is 2.69. The molecule has 0 spiro atoms. The van der Waals surface area contributed by atoms with Crippen LogP contribution in [0.5, 0.6) is 0 Å². The minimum Gasteiger partial charge on any atom is -0.353 e. The van der Waals surface area contributed by atoms with Crippen LogP contribution < -0.4 is 5.32 Å². The molecule has 90 valence electrons. The highest BCUT2D eigenvalue weighted by atomic mass is 32.1. The standard InChI is InChI=1S/C10H17N3O2S/c1-4-8-12-13-9(16-8)11-7-5-14-10(2,3)15-6-7/h7H,4-6H2,1-3H3,(H,11,13). The van der Waals surface area contributed by atoms with E-state index in [1.807, 2.05) is 13.8 Å². The van der Waals surface area contributed by atoms with Crippen LogP contribution in [0.15, 0.2) is 0 Å². The third-order valence-corrected chi connectivity index (χ3v) is 3.36. The summed E-state index contributed by atoms with van der Waals surface area (Å²) in [6.07, 6.45) is 0.921. The molecule has 0 amide bonds. The van der Waals surface area contributed by atoms with Crippen LogP contribution in [0, 0.1) is 0 Å². The molecule has 0 aliphatic carbocycles. The van der Waals surface area contributed by atoms with Gasteiger partial charge in [-0.25, -0.2) is 0 Å². The molecule has 0 aromatic carbocycles. The van der Waals surface area contributed by atoms with Crippen LogP contribution in [0.1, 0.15) is 25.8 Å². The van der Waals surface area contributed by atoms with Crippen molar-refractivity contribution in [3.8, 4) is 0 Å². The molecule has 1 aliphatic rings. The van der Waals surface area contributed by atoms with Gasteiger partial charge in [-0.05, 0) is 20.3 Å². The molecule has 1 fully saturated rings. The van der Waals surface area contributed by atoms with E-state index in [0.29, 0.717) is 13.2 Å². The van der Waals surface area contributed by atoms with Crippen molar-refractivity contribution in [2.75, 3.05) is 18.5 Å². The lowest BCUT2D eigenvalue weighted by molar-refractivity contribution is -0.247. The minimum atomic E-state index is -0.464. The Balaban J connectivity index is 1.87. The predicted molar refractivity (Wildman–Crippen MR) is 62.7 cm³/mol. The molecule has 0 atom stereocenters. The number of anilines is 1. The van der Waals surface area contributed by atoms with Gasteiger partial charge >= 0.3 is 0 Å². The van der Waals surface area contributed by atoms with Crippen LogP contribution in [-0.4, -0.2) is 35.2 Å². The van der Waals surface area contributed by atoms with Crippen LogP contribution >= 0.6 is 11.3 Å². The van der Waals surface area contributed by atoms with E-state index < -0.39 is 5.79 Å². The molecular weight excluding hydrogens is 226 g/mol. The first kappa shape index (κ1) is 11.8. The number of hydrogen-bond acceptors (Lipinski definition) is 6. The third-order valence-electron chi connectivity index (χ3n) is 2.36. The summed E-state index contributed by atoms with van der Waals surface area (Å²) in [6, 6.07) is 0.158. The molecule has 1 N–H and O–H groups in total. The van der Waals surface area contributed by atoms with E-state index in [1.165, 1.54) is 0 Å². The molecule has 0 bridgehead atoms. The van der Waals surface area contributed by atoms with Crippen molar-refractivity contribution in [2.24, 2.45) is 0 Å². The van der Waals surface area contributed by atoms with Gasteiger partial charge in [0.15, 0.2) is 5.79 Å². The van der Waals surface area contributed by atoms with Crippen molar-refractivity contribution in [3.63, 3.8) is 0 Å². The highest BCUT2D eigenvalue weighted by Gasteiger charge is 2.28. The zero-order chi connectivity index (χ0) is 11.6. The second-order valence-electron chi connectivity index (χ2n) is 4.22. The van der Waals surface area contributed by atoms with Gasteiger partial charge < -0.3 is 14.8 Å². The molecule has 16 heavy (non-hydrogen) atoms. The summed E-state index contributed by atoms with van der Waals surface area (Å²) in [5, 5.41) is 13.3. The maximum absolute atomic E-state index is 5.55. The van der Waals surface area contributed by atoms with Gasteiger partial charge in [0.25, 0.3) is 0 Å². The van der Waals surface area contributed by atoms with Crippen LogP contribution in [-0.2, 0) is 15.9 Å². The van der Waals surface area contributed by atoms with E-state index in [4.69, 9.17) is 9.47 Å². The number of nitrogens with zero attached hydrogens (tertiary/aromatic N) is 2. The molecule has 2 rings (SSSR count). The highest BCUT2D eigenvalue weighted by Crippen LogP contribution is 2.21. The van der Waals surface area contributed by atoms with Gasteiger partial charge in [0, 0.05) is 0 Å². The Labute approximate surface area is 99.2 Å². The fourth-order valence-corrected chi connectivity index (χ4v) is 2.16. The Morgan fingerprint density at radius 3 is 2.62 bits per heavy atom. The van der Waals surface area contributed by atoms with Crippen molar-refractivity contribution in [2.45, 2.75) is 39.0 Å².